The van der Waals surface area contributed by atoms with Crippen molar-refractivity contribution in [1.29, 1.82) is 0 Å². The van der Waals surface area contributed by atoms with E-state index in [2.05, 4.69) is 40.0 Å². The second kappa shape index (κ2) is 10.2. The molecule has 8 nitrogen and oxygen atoms in total. The van der Waals surface area contributed by atoms with Crippen LogP contribution in [0.2, 0.25) is 0 Å². The molecule has 0 unspecified atom stereocenters. The Labute approximate surface area is 169 Å². The molecule has 0 aliphatic heterocycles. The number of amides is 3. The van der Waals surface area contributed by atoms with Gasteiger partial charge in [0.25, 0.3) is 5.91 Å². The van der Waals surface area contributed by atoms with Gasteiger partial charge in [0.1, 0.15) is 0 Å². The number of carbonyl (C=O) groups excluding carboxylic acids is 3. The highest BCUT2D eigenvalue weighted by Gasteiger charge is 2.11. The highest BCUT2D eigenvalue weighted by molar-refractivity contribution is 5.96. The van der Waals surface area contributed by atoms with Crippen LogP contribution in [0, 0.1) is 20.8 Å². The average molecular weight is 398 g/mol. The normalized spacial score (nSPS) is 10.8. The number of esters is 1. The van der Waals surface area contributed by atoms with Gasteiger partial charge in [0.2, 0.25) is 0 Å². The molecular weight excluding hydrogens is 372 g/mol. The first kappa shape index (κ1) is 21.9. The van der Waals surface area contributed by atoms with Gasteiger partial charge in [0.15, 0.2) is 6.61 Å². The molecule has 0 aliphatic carbocycles. The molecule has 0 spiro atoms. The summed E-state index contributed by atoms with van der Waals surface area (Å²) >= 11 is 0. The Morgan fingerprint density at radius 2 is 1.83 bits per heavy atom. The van der Waals surface area contributed by atoms with E-state index in [-0.39, 0.29) is 0 Å². The third-order valence-electron chi connectivity index (χ3n) is 4.21. The fourth-order valence-corrected chi connectivity index (χ4v) is 2.68. The van der Waals surface area contributed by atoms with E-state index in [1.54, 1.807) is 13.0 Å². The summed E-state index contributed by atoms with van der Waals surface area (Å²) in [6, 6.07) is 7.60. The number of benzene rings is 1. The molecular formula is C21H26N4O4. The average Bonchev–Trinajstić information content (AvgIpc) is 2.93. The summed E-state index contributed by atoms with van der Waals surface area (Å²) in [7, 11) is 0. The highest BCUT2D eigenvalue weighted by atomic mass is 16.5. The summed E-state index contributed by atoms with van der Waals surface area (Å²) in [5, 5.41) is 9.00. The molecule has 0 aliphatic rings. The van der Waals surface area contributed by atoms with Crippen LogP contribution in [0.15, 0.2) is 30.3 Å². The summed E-state index contributed by atoms with van der Waals surface area (Å²) < 4.78 is 6.73. The van der Waals surface area contributed by atoms with Crippen molar-refractivity contribution in [2.24, 2.45) is 0 Å². The molecule has 2 aromatic rings. The van der Waals surface area contributed by atoms with E-state index in [0.29, 0.717) is 13.1 Å². The number of urea groups is 1. The first-order valence-corrected chi connectivity index (χ1v) is 9.32. The maximum atomic E-state index is 11.9. The predicted octanol–water partition coefficient (Wildman–Crippen LogP) is 2.26. The fourth-order valence-electron chi connectivity index (χ4n) is 2.68. The van der Waals surface area contributed by atoms with Crippen LogP contribution >= 0.6 is 0 Å². The van der Waals surface area contributed by atoms with Gasteiger partial charge in [-0.1, -0.05) is 29.8 Å². The molecule has 3 amide bonds. The van der Waals surface area contributed by atoms with Gasteiger partial charge in [-0.15, -0.1) is 0 Å². The number of ether oxygens (including phenoxy) is 1. The van der Waals surface area contributed by atoms with E-state index in [0.717, 1.165) is 22.5 Å². The maximum Gasteiger partial charge on any atom is 0.331 e. The van der Waals surface area contributed by atoms with E-state index >= 15 is 0 Å². The van der Waals surface area contributed by atoms with Gasteiger partial charge in [-0.05, 0) is 39.3 Å². The Morgan fingerprint density at radius 1 is 1.14 bits per heavy atom. The summed E-state index contributed by atoms with van der Waals surface area (Å²) in [4.78, 5) is 34.6. The lowest BCUT2D eigenvalue weighted by molar-refractivity contribution is -0.143. The number of imide groups is 1. The summed E-state index contributed by atoms with van der Waals surface area (Å²) in [6.07, 6.45) is 2.86. The van der Waals surface area contributed by atoms with Crippen molar-refractivity contribution in [3.8, 4) is 0 Å². The van der Waals surface area contributed by atoms with E-state index in [9.17, 15) is 14.4 Å². The highest BCUT2D eigenvalue weighted by Crippen LogP contribution is 2.17. The van der Waals surface area contributed by atoms with Crippen molar-refractivity contribution in [1.82, 2.24) is 20.4 Å². The van der Waals surface area contributed by atoms with Crippen LogP contribution in [-0.2, 0) is 20.9 Å². The molecule has 0 radical (unpaired) electrons. The van der Waals surface area contributed by atoms with Gasteiger partial charge >= 0.3 is 12.0 Å². The van der Waals surface area contributed by atoms with E-state index in [4.69, 9.17) is 4.74 Å². The molecule has 0 bridgehead atoms. The van der Waals surface area contributed by atoms with Crippen molar-refractivity contribution in [3.63, 3.8) is 0 Å². The number of carbonyl (C=O) groups is 3. The monoisotopic (exact) mass is 398 g/mol. The smallest absolute Gasteiger partial charge is 0.331 e. The molecule has 1 heterocycles. The molecule has 29 heavy (non-hydrogen) atoms. The van der Waals surface area contributed by atoms with Gasteiger partial charge in [0, 0.05) is 23.9 Å². The zero-order valence-corrected chi connectivity index (χ0v) is 17.1. The molecule has 8 heteroatoms. The molecule has 1 aromatic heterocycles. The first-order valence-electron chi connectivity index (χ1n) is 9.32. The number of aromatic nitrogens is 2. The van der Waals surface area contributed by atoms with Crippen molar-refractivity contribution in [2.45, 2.75) is 34.2 Å². The molecule has 2 rings (SSSR count). The van der Waals surface area contributed by atoms with Crippen molar-refractivity contribution in [3.05, 3.63) is 58.4 Å². The number of hydrogen-bond acceptors (Lipinski definition) is 5. The van der Waals surface area contributed by atoms with Crippen LogP contribution in [0.3, 0.4) is 0 Å². The second-order valence-corrected chi connectivity index (χ2v) is 6.58. The van der Waals surface area contributed by atoms with Gasteiger partial charge < -0.3 is 10.1 Å². The molecule has 0 fully saturated rings. The molecule has 1 aromatic carbocycles. The standard InChI is InChI=1S/C21H26N4O4/c1-5-22-21(28)23-19(26)13-29-20(27)11-10-18-15(3)24-25(16(18)4)12-17-8-6-14(2)7-9-17/h6-11H,5,12-13H2,1-4H3,(H2,22,23,26,28)/b11-10+. The van der Waals surface area contributed by atoms with Crippen LogP contribution < -0.4 is 10.6 Å². The van der Waals surface area contributed by atoms with Crippen molar-refractivity contribution >= 4 is 24.0 Å². The van der Waals surface area contributed by atoms with Gasteiger partial charge in [-0.2, -0.15) is 5.10 Å². The quantitative estimate of drug-likeness (QED) is 0.550. The minimum absolute atomic E-state index is 0.387. The SMILES string of the molecule is CCNC(=O)NC(=O)COC(=O)/C=C/c1c(C)nn(Cc2ccc(C)cc2)c1C. The van der Waals surface area contributed by atoms with Crippen LogP contribution in [0.25, 0.3) is 6.08 Å². The Balaban J connectivity index is 1.95. The Kier molecular flexibility index (Phi) is 7.70. The molecule has 0 saturated heterocycles. The van der Waals surface area contributed by atoms with Gasteiger partial charge in [-0.3, -0.25) is 14.8 Å². The predicted molar refractivity (Wildman–Crippen MR) is 109 cm³/mol. The summed E-state index contributed by atoms with van der Waals surface area (Å²) in [6.45, 7) is 8.04. The molecule has 2 N–H and O–H groups in total. The van der Waals surface area contributed by atoms with Gasteiger partial charge in [0.05, 0.1) is 12.2 Å². The van der Waals surface area contributed by atoms with Crippen LogP contribution in [0.1, 0.15) is 35.0 Å². The minimum Gasteiger partial charge on any atom is -0.452 e. The van der Waals surface area contributed by atoms with Crippen LogP contribution in [0.4, 0.5) is 4.79 Å². The number of aryl methyl sites for hydroxylation is 2. The second-order valence-electron chi connectivity index (χ2n) is 6.58. The van der Waals surface area contributed by atoms with Crippen LogP contribution in [-0.4, -0.2) is 40.8 Å². The Morgan fingerprint density at radius 3 is 2.48 bits per heavy atom. The zero-order chi connectivity index (χ0) is 21.4. The lowest BCUT2D eigenvalue weighted by Gasteiger charge is -2.05. The number of rotatable bonds is 7. The summed E-state index contributed by atoms with van der Waals surface area (Å²) in [5.41, 5.74) is 4.85. The third kappa shape index (κ3) is 6.60. The van der Waals surface area contributed by atoms with E-state index in [1.807, 2.05) is 25.5 Å². The summed E-state index contributed by atoms with van der Waals surface area (Å²) in [5.74, 6) is -1.38. The zero-order valence-electron chi connectivity index (χ0n) is 17.1. The molecule has 0 atom stereocenters. The maximum absolute atomic E-state index is 11.9. The number of nitrogens with zero attached hydrogens (tertiary/aromatic N) is 2. The largest absolute Gasteiger partial charge is 0.452 e. The third-order valence-corrected chi connectivity index (χ3v) is 4.21. The topological polar surface area (TPSA) is 102 Å². The number of nitrogens with one attached hydrogen (secondary N) is 2. The Hall–Kier alpha value is -3.42. The van der Waals surface area contributed by atoms with Crippen LogP contribution in [0.5, 0.6) is 0 Å². The van der Waals surface area contributed by atoms with E-state index < -0.39 is 24.5 Å². The lowest BCUT2D eigenvalue weighted by atomic mass is 10.1. The Bertz CT molecular complexity index is 914. The molecule has 0 saturated carbocycles. The first-order chi connectivity index (χ1) is 13.8. The number of hydrogen-bond donors (Lipinski definition) is 2. The van der Waals surface area contributed by atoms with Crippen molar-refractivity contribution < 1.29 is 19.1 Å². The van der Waals surface area contributed by atoms with Crippen molar-refractivity contribution in [2.75, 3.05) is 13.2 Å². The minimum atomic E-state index is -0.698. The fraction of sp³-hybridized carbons (Fsp3) is 0.333. The lowest BCUT2D eigenvalue weighted by Crippen LogP contribution is -2.41. The van der Waals surface area contributed by atoms with E-state index in [1.165, 1.54) is 11.6 Å². The van der Waals surface area contributed by atoms with Gasteiger partial charge in [-0.25, -0.2) is 9.59 Å². The molecule has 154 valence electrons.